The summed E-state index contributed by atoms with van der Waals surface area (Å²) in [7, 11) is 0. The molecule has 0 aliphatic carbocycles. The van der Waals surface area contributed by atoms with Gasteiger partial charge < -0.3 is 31.7 Å². The summed E-state index contributed by atoms with van der Waals surface area (Å²) in [6.07, 6.45) is 0.0848. The summed E-state index contributed by atoms with van der Waals surface area (Å²) >= 11 is 0. The summed E-state index contributed by atoms with van der Waals surface area (Å²) in [4.78, 5) is 36.0. The summed E-state index contributed by atoms with van der Waals surface area (Å²) in [5.41, 5.74) is 6.57. The lowest BCUT2D eigenvalue weighted by molar-refractivity contribution is -0.142. The number of carboxylic acid groups (broad SMARTS) is 1. The quantitative estimate of drug-likeness (QED) is 0.342. The molecule has 0 aliphatic rings. The van der Waals surface area contributed by atoms with Gasteiger partial charge >= 0.3 is 5.97 Å². The van der Waals surface area contributed by atoms with Gasteiger partial charge in [0.25, 0.3) is 0 Å². The van der Waals surface area contributed by atoms with E-state index in [4.69, 9.17) is 5.73 Å². The van der Waals surface area contributed by atoms with Gasteiger partial charge in [-0.3, -0.25) is 9.59 Å². The van der Waals surface area contributed by atoms with Gasteiger partial charge in [0.1, 0.15) is 23.6 Å². The van der Waals surface area contributed by atoms with Crippen molar-refractivity contribution in [2.45, 2.75) is 24.9 Å². The predicted molar refractivity (Wildman–Crippen MR) is 104 cm³/mol. The van der Waals surface area contributed by atoms with Crippen LogP contribution in [-0.4, -0.2) is 51.7 Å². The zero-order valence-corrected chi connectivity index (χ0v) is 15.5. The molecule has 0 fully saturated rings. The zero-order chi connectivity index (χ0) is 21.4. The summed E-state index contributed by atoms with van der Waals surface area (Å²) < 4.78 is 0. The summed E-state index contributed by atoms with van der Waals surface area (Å²) in [6, 6.07) is 9.76. The molecule has 2 aromatic rings. The zero-order valence-electron chi connectivity index (χ0n) is 15.5. The lowest BCUT2D eigenvalue weighted by atomic mass is 10.0. The van der Waals surface area contributed by atoms with E-state index in [2.05, 4.69) is 10.6 Å². The average molecular weight is 401 g/mol. The third kappa shape index (κ3) is 6.82. The first kappa shape index (κ1) is 21.7. The average Bonchev–Trinajstić information content (AvgIpc) is 2.69. The summed E-state index contributed by atoms with van der Waals surface area (Å²) in [6.45, 7) is -0.324. The highest BCUT2D eigenvalue weighted by atomic mass is 16.4. The smallest absolute Gasteiger partial charge is 0.326 e. The van der Waals surface area contributed by atoms with Gasteiger partial charge in [-0.25, -0.2) is 4.79 Å². The van der Waals surface area contributed by atoms with E-state index >= 15 is 0 Å². The van der Waals surface area contributed by atoms with Gasteiger partial charge in [-0.05, 0) is 35.4 Å². The molecular weight excluding hydrogens is 378 g/mol. The second-order valence-corrected chi connectivity index (χ2v) is 6.46. The Hall–Kier alpha value is -3.59. The summed E-state index contributed by atoms with van der Waals surface area (Å²) in [5, 5.41) is 33.1. The molecule has 0 radical (unpaired) electrons. The third-order valence-electron chi connectivity index (χ3n) is 4.20. The topological polar surface area (TPSA) is 162 Å². The predicted octanol–water partition coefficient (Wildman–Crippen LogP) is -0.104. The number of nitrogens with one attached hydrogen (secondary N) is 2. The fourth-order valence-electron chi connectivity index (χ4n) is 2.67. The van der Waals surface area contributed by atoms with Gasteiger partial charge in [0.15, 0.2) is 0 Å². The molecule has 0 aliphatic heterocycles. The molecule has 2 amide bonds. The van der Waals surface area contributed by atoms with Gasteiger partial charge in [-0.2, -0.15) is 0 Å². The number of phenols is 2. The largest absolute Gasteiger partial charge is 0.508 e. The van der Waals surface area contributed by atoms with Crippen LogP contribution in [0.5, 0.6) is 11.5 Å². The standard InChI is InChI=1S/C20H23N3O6/c21-11-18(26)22-16(9-12-1-5-14(24)6-2-12)19(27)23-17(20(28)29)10-13-3-7-15(25)8-4-13/h1-8,16-17,24-25H,9-11,21H2,(H,22,26)(H,23,27)(H,28,29)/t16-,17-/m0/s1. The van der Waals surface area contributed by atoms with Crippen LogP contribution in [0.15, 0.2) is 48.5 Å². The van der Waals surface area contributed by atoms with Crippen molar-refractivity contribution in [1.29, 1.82) is 0 Å². The van der Waals surface area contributed by atoms with E-state index in [9.17, 15) is 29.7 Å². The molecule has 7 N–H and O–H groups in total. The lowest BCUT2D eigenvalue weighted by Gasteiger charge is -2.21. The number of benzene rings is 2. The maximum atomic E-state index is 12.7. The molecule has 0 spiro atoms. The van der Waals surface area contributed by atoms with Crippen LogP contribution in [0.25, 0.3) is 0 Å². The van der Waals surface area contributed by atoms with Crippen molar-refractivity contribution in [2.24, 2.45) is 5.73 Å². The Labute approximate surface area is 167 Å². The third-order valence-corrected chi connectivity index (χ3v) is 4.20. The number of amides is 2. The number of nitrogens with two attached hydrogens (primary N) is 1. The lowest BCUT2D eigenvalue weighted by Crippen LogP contribution is -2.53. The Morgan fingerprint density at radius 1 is 0.793 bits per heavy atom. The van der Waals surface area contributed by atoms with E-state index in [-0.39, 0.29) is 30.9 Å². The molecule has 2 aromatic carbocycles. The number of carbonyl (C=O) groups excluding carboxylic acids is 2. The van der Waals surface area contributed by atoms with E-state index in [1.54, 1.807) is 24.3 Å². The van der Waals surface area contributed by atoms with Crippen LogP contribution in [0.2, 0.25) is 0 Å². The SMILES string of the molecule is NCC(=O)N[C@@H](Cc1ccc(O)cc1)C(=O)N[C@@H](Cc1ccc(O)cc1)C(=O)O. The van der Waals surface area contributed by atoms with Crippen LogP contribution in [0.3, 0.4) is 0 Å². The Bertz CT molecular complexity index is 852. The monoisotopic (exact) mass is 401 g/mol. The van der Waals surface area contributed by atoms with Gasteiger partial charge in [-0.1, -0.05) is 24.3 Å². The normalized spacial score (nSPS) is 12.6. The molecule has 29 heavy (non-hydrogen) atoms. The van der Waals surface area contributed by atoms with E-state index in [1.165, 1.54) is 24.3 Å². The second-order valence-electron chi connectivity index (χ2n) is 6.46. The summed E-state index contributed by atoms with van der Waals surface area (Å²) in [5.74, 6) is -2.37. The fourth-order valence-corrected chi connectivity index (χ4v) is 2.67. The minimum atomic E-state index is -1.24. The van der Waals surface area contributed by atoms with E-state index in [0.717, 1.165) is 0 Å². The van der Waals surface area contributed by atoms with E-state index in [0.29, 0.717) is 11.1 Å². The molecule has 0 saturated heterocycles. The molecular formula is C20H23N3O6. The Balaban J connectivity index is 2.13. The maximum absolute atomic E-state index is 12.7. The van der Waals surface area contributed by atoms with Gasteiger partial charge in [-0.15, -0.1) is 0 Å². The van der Waals surface area contributed by atoms with Crippen LogP contribution in [0.1, 0.15) is 11.1 Å². The van der Waals surface area contributed by atoms with Crippen molar-refractivity contribution in [3.8, 4) is 11.5 Å². The molecule has 0 saturated carbocycles. The van der Waals surface area contributed by atoms with Crippen molar-refractivity contribution < 1.29 is 29.7 Å². The Kier molecular flexibility index (Phi) is 7.55. The molecule has 0 bridgehead atoms. The molecule has 0 unspecified atom stereocenters. The molecule has 9 heteroatoms. The van der Waals surface area contributed by atoms with E-state index < -0.39 is 29.9 Å². The van der Waals surface area contributed by atoms with Crippen LogP contribution < -0.4 is 16.4 Å². The number of phenolic OH excluding ortho intramolecular Hbond substituents is 2. The van der Waals surface area contributed by atoms with Crippen molar-refractivity contribution in [3.05, 3.63) is 59.7 Å². The van der Waals surface area contributed by atoms with Crippen molar-refractivity contribution in [2.75, 3.05) is 6.54 Å². The first-order valence-corrected chi connectivity index (χ1v) is 8.87. The molecule has 154 valence electrons. The number of aromatic hydroxyl groups is 2. The number of aliphatic carboxylic acids is 1. The number of carbonyl (C=O) groups is 3. The Morgan fingerprint density at radius 3 is 1.66 bits per heavy atom. The molecule has 2 rings (SSSR count). The van der Waals surface area contributed by atoms with Gasteiger partial charge in [0.2, 0.25) is 11.8 Å². The molecule has 9 nitrogen and oxygen atoms in total. The Morgan fingerprint density at radius 2 is 1.24 bits per heavy atom. The van der Waals surface area contributed by atoms with Crippen LogP contribution in [0.4, 0.5) is 0 Å². The van der Waals surface area contributed by atoms with Crippen molar-refractivity contribution in [1.82, 2.24) is 10.6 Å². The number of rotatable bonds is 9. The fraction of sp³-hybridized carbons (Fsp3) is 0.250. The minimum absolute atomic E-state index is 0.00187. The van der Waals surface area contributed by atoms with Crippen molar-refractivity contribution in [3.63, 3.8) is 0 Å². The first-order chi connectivity index (χ1) is 13.8. The molecule has 0 heterocycles. The maximum Gasteiger partial charge on any atom is 0.326 e. The number of hydrogen-bond acceptors (Lipinski definition) is 6. The number of hydrogen-bond donors (Lipinski definition) is 6. The van der Waals surface area contributed by atoms with Gasteiger partial charge in [0, 0.05) is 12.8 Å². The highest BCUT2D eigenvalue weighted by Crippen LogP contribution is 2.13. The van der Waals surface area contributed by atoms with Crippen LogP contribution in [0, 0.1) is 0 Å². The highest BCUT2D eigenvalue weighted by Gasteiger charge is 2.27. The van der Waals surface area contributed by atoms with Crippen molar-refractivity contribution >= 4 is 17.8 Å². The van der Waals surface area contributed by atoms with Crippen LogP contribution >= 0.6 is 0 Å². The minimum Gasteiger partial charge on any atom is -0.508 e. The molecule has 2 atom stereocenters. The van der Waals surface area contributed by atoms with E-state index in [1.807, 2.05) is 0 Å². The highest BCUT2D eigenvalue weighted by molar-refractivity contribution is 5.91. The number of carboxylic acids is 1. The van der Waals surface area contributed by atoms with Crippen LogP contribution in [-0.2, 0) is 27.2 Å². The first-order valence-electron chi connectivity index (χ1n) is 8.87. The molecule has 0 aromatic heterocycles. The van der Waals surface area contributed by atoms with Gasteiger partial charge in [0.05, 0.1) is 6.54 Å². The second kappa shape index (κ2) is 10.1.